The van der Waals surface area contributed by atoms with E-state index in [-0.39, 0.29) is 13.0 Å². The van der Waals surface area contributed by atoms with E-state index in [1.54, 1.807) is 18.2 Å². The number of carboxylic acid groups (broad SMARTS) is 1. The number of nitrogens with zero attached hydrogens (tertiary/aromatic N) is 2. The van der Waals surface area contributed by atoms with Gasteiger partial charge in [-0.25, -0.2) is 9.78 Å². The number of likely N-dealkylation sites (tertiary alicyclic amines) is 1. The second kappa shape index (κ2) is 4.97. The number of carboxylic acids is 1. The maximum atomic E-state index is 12.5. The van der Waals surface area contributed by atoms with Crippen LogP contribution in [0.2, 0.25) is 0 Å². The molecule has 3 rings (SSSR count). The summed E-state index contributed by atoms with van der Waals surface area (Å²) in [6.45, 7) is 0.0265. The van der Waals surface area contributed by atoms with E-state index >= 15 is 0 Å². The predicted molar refractivity (Wildman–Crippen MR) is 77.1 cm³/mol. The summed E-state index contributed by atoms with van der Waals surface area (Å²) in [4.78, 5) is 28.9. The SMILES string of the molecule is Nc1nc2ccc(C(=O)N3C[C@H](O)C[C@H]3C(=O)O)cc2s1. The second-order valence-electron chi connectivity index (χ2n) is 4.94. The molecule has 110 valence electrons. The summed E-state index contributed by atoms with van der Waals surface area (Å²) in [6.07, 6.45) is -0.755. The van der Waals surface area contributed by atoms with Crippen LogP contribution in [0.4, 0.5) is 5.13 Å². The Labute approximate surface area is 123 Å². The van der Waals surface area contributed by atoms with E-state index in [9.17, 15) is 14.7 Å². The molecule has 0 spiro atoms. The van der Waals surface area contributed by atoms with Gasteiger partial charge < -0.3 is 20.8 Å². The van der Waals surface area contributed by atoms with Crippen molar-refractivity contribution in [3.63, 3.8) is 0 Å². The molecule has 0 radical (unpaired) electrons. The smallest absolute Gasteiger partial charge is 0.326 e. The molecule has 7 nitrogen and oxygen atoms in total. The van der Waals surface area contributed by atoms with Crippen LogP contribution in [0.1, 0.15) is 16.8 Å². The number of carbonyl (C=O) groups excluding carboxylic acids is 1. The molecule has 2 heterocycles. The van der Waals surface area contributed by atoms with Gasteiger partial charge in [-0.1, -0.05) is 11.3 Å². The summed E-state index contributed by atoms with van der Waals surface area (Å²) in [6, 6.07) is 3.93. The number of aliphatic hydroxyl groups is 1. The van der Waals surface area contributed by atoms with Gasteiger partial charge in [-0.05, 0) is 18.2 Å². The number of anilines is 1. The molecule has 1 aromatic heterocycles. The number of hydrogen-bond acceptors (Lipinski definition) is 6. The number of fused-ring (bicyclic) bond motifs is 1. The molecular formula is C13H13N3O4S. The molecule has 8 heteroatoms. The molecule has 0 saturated carbocycles. The van der Waals surface area contributed by atoms with Crippen LogP contribution in [-0.2, 0) is 4.79 Å². The van der Waals surface area contributed by atoms with Crippen LogP contribution in [0.25, 0.3) is 10.2 Å². The Balaban J connectivity index is 1.93. The van der Waals surface area contributed by atoms with E-state index in [2.05, 4.69) is 4.98 Å². The number of rotatable bonds is 2. The average Bonchev–Trinajstić information content (AvgIpc) is 2.98. The Hall–Kier alpha value is -2.19. The largest absolute Gasteiger partial charge is 0.480 e. The molecule has 0 aliphatic carbocycles. The van der Waals surface area contributed by atoms with Gasteiger partial charge in [0.2, 0.25) is 0 Å². The van der Waals surface area contributed by atoms with Crippen LogP contribution in [0.3, 0.4) is 0 Å². The number of aliphatic carboxylic acids is 1. The Morgan fingerprint density at radius 2 is 2.19 bits per heavy atom. The van der Waals surface area contributed by atoms with Crippen molar-refractivity contribution in [3.05, 3.63) is 23.8 Å². The van der Waals surface area contributed by atoms with Gasteiger partial charge in [0, 0.05) is 18.5 Å². The number of benzene rings is 1. The lowest BCUT2D eigenvalue weighted by molar-refractivity contribution is -0.141. The normalized spacial score (nSPS) is 21.9. The van der Waals surface area contributed by atoms with E-state index in [1.165, 1.54) is 16.2 Å². The maximum Gasteiger partial charge on any atom is 0.326 e. The molecule has 2 aromatic rings. The van der Waals surface area contributed by atoms with Crippen molar-refractivity contribution < 1.29 is 19.8 Å². The van der Waals surface area contributed by atoms with Gasteiger partial charge in [0.15, 0.2) is 5.13 Å². The zero-order valence-electron chi connectivity index (χ0n) is 10.9. The van der Waals surface area contributed by atoms with Crippen molar-refractivity contribution in [2.45, 2.75) is 18.6 Å². The van der Waals surface area contributed by atoms with Crippen LogP contribution < -0.4 is 5.73 Å². The van der Waals surface area contributed by atoms with Gasteiger partial charge in [0.05, 0.1) is 16.3 Å². The summed E-state index contributed by atoms with van der Waals surface area (Å²) in [5, 5.41) is 19.2. The number of thiazole rings is 1. The number of nitrogen functional groups attached to an aromatic ring is 1. The molecular weight excluding hydrogens is 294 g/mol. The van der Waals surface area contributed by atoms with Crippen molar-refractivity contribution in [2.75, 3.05) is 12.3 Å². The molecule has 4 N–H and O–H groups in total. The Morgan fingerprint density at radius 1 is 1.43 bits per heavy atom. The molecule has 0 bridgehead atoms. The molecule has 1 amide bonds. The summed E-state index contributed by atoms with van der Waals surface area (Å²) >= 11 is 1.26. The lowest BCUT2D eigenvalue weighted by Gasteiger charge is -2.21. The minimum absolute atomic E-state index is 0.0265. The van der Waals surface area contributed by atoms with Gasteiger partial charge in [-0.15, -0.1) is 0 Å². The zero-order chi connectivity index (χ0) is 15.1. The standard InChI is InChI=1S/C13H13N3O4S/c14-13-15-8-2-1-6(3-10(8)21-13)11(18)16-5-7(17)4-9(16)12(19)20/h1-3,7,9,17H,4-5H2,(H2,14,15)(H,19,20)/t7-,9+/m1/s1. The van der Waals surface area contributed by atoms with E-state index in [1.807, 2.05) is 0 Å². The topological polar surface area (TPSA) is 117 Å². The quantitative estimate of drug-likeness (QED) is 0.745. The van der Waals surface area contributed by atoms with Crippen LogP contribution in [-0.4, -0.2) is 50.7 Å². The number of carbonyl (C=O) groups is 2. The highest BCUT2D eigenvalue weighted by molar-refractivity contribution is 7.22. The van der Waals surface area contributed by atoms with Crippen molar-refractivity contribution in [1.82, 2.24) is 9.88 Å². The average molecular weight is 307 g/mol. The zero-order valence-corrected chi connectivity index (χ0v) is 11.7. The maximum absolute atomic E-state index is 12.5. The number of nitrogens with two attached hydrogens (primary N) is 1. The van der Waals surface area contributed by atoms with Gasteiger partial charge in [-0.2, -0.15) is 0 Å². The minimum atomic E-state index is -1.11. The third kappa shape index (κ3) is 2.43. The summed E-state index contributed by atoms with van der Waals surface area (Å²) in [5.41, 5.74) is 6.69. The highest BCUT2D eigenvalue weighted by Crippen LogP contribution is 2.27. The van der Waals surface area contributed by atoms with Crippen molar-refractivity contribution >= 4 is 38.6 Å². The first-order valence-corrected chi connectivity index (χ1v) is 7.15. The highest BCUT2D eigenvalue weighted by Gasteiger charge is 2.39. The minimum Gasteiger partial charge on any atom is -0.480 e. The van der Waals surface area contributed by atoms with Gasteiger partial charge in [0.1, 0.15) is 6.04 Å². The number of β-amino-alcohol motifs (C(OH)–C–C–N with tert-alkyl or cyclic N) is 1. The molecule has 1 saturated heterocycles. The fourth-order valence-corrected chi connectivity index (χ4v) is 3.29. The molecule has 1 aromatic carbocycles. The first-order valence-electron chi connectivity index (χ1n) is 6.33. The lowest BCUT2D eigenvalue weighted by atomic mass is 10.1. The van der Waals surface area contributed by atoms with E-state index in [0.29, 0.717) is 16.2 Å². The van der Waals surface area contributed by atoms with Crippen LogP contribution >= 0.6 is 11.3 Å². The van der Waals surface area contributed by atoms with Crippen molar-refractivity contribution in [2.24, 2.45) is 0 Å². The first-order chi connectivity index (χ1) is 9.95. The van der Waals surface area contributed by atoms with Crippen LogP contribution in [0.5, 0.6) is 0 Å². The van der Waals surface area contributed by atoms with Gasteiger partial charge in [0.25, 0.3) is 5.91 Å². The van der Waals surface area contributed by atoms with Crippen molar-refractivity contribution in [3.8, 4) is 0 Å². The van der Waals surface area contributed by atoms with Crippen LogP contribution in [0, 0.1) is 0 Å². The molecule has 0 unspecified atom stereocenters. The number of aliphatic hydroxyl groups excluding tert-OH is 1. The van der Waals surface area contributed by atoms with Gasteiger partial charge >= 0.3 is 5.97 Å². The van der Waals surface area contributed by atoms with Gasteiger partial charge in [-0.3, -0.25) is 4.79 Å². The summed E-state index contributed by atoms with van der Waals surface area (Å²) < 4.78 is 0.768. The molecule has 2 atom stereocenters. The monoisotopic (exact) mass is 307 g/mol. The lowest BCUT2D eigenvalue weighted by Crippen LogP contribution is -2.40. The summed E-state index contributed by atoms with van der Waals surface area (Å²) in [5.74, 6) is -1.52. The number of aromatic nitrogens is 1. The van der Waals surface area contributed by atoms with Crippen molar-refractivity contribution in [1.29, 1.82) is 0 Å². The number of hydrogen-bond donors (Lipinski definition) is 3. The highest BCUT2D eigenvalue weighted by atomic mass is 32.1. The first kappa shape index (κ1) is 13.8. The summed E-state index contributed by atoms with van der Waals surface area (Å²) in [7, 11) is 0. The van der Waals surface area contributed by atoms with E-state index < -0.39 is 24.0 Å². The Morgan fingerprint density at radius 3 is 2.90 bits per heavy atom. The molecule has 1 aliphatic heterocycles. The third-order valence-corrected chi connectivity index (χ3v) is 4.32. The molecule has 1 aliphatic rings. The second-order valence-corrected chi connectivity index (χ2v) is 6.00. The fraction of sp³-hybridized carbons (Fsp3) is 0.308. The Kier molecular flexibility index (Phi) is 3.26. The fourth-order valence-electron chi connectivity index (χ4n) is 2.51. The third-order valence-electron chi connectivity index (χ3n) is 3.48. The predicted octanol–water partition coefficient (Wildman–Crippen LogP) is 0.538. The Bertz CT molecular complexity index is 729. The van der Waals surface area contributed by atoms with E-state index in [4.69, 9.17) is 10.8 Å². The molecule has 21 heavy (non-hydrogen) atoms. The number of amides is 1. The van der Waals surface area contributed by atoms with Crippen LogP contribution in [0.15, 0.2) is 18.2 Å². The van der Waals surface area contributed by atoms with E-state index in [0.717, 1.165) is 4.70 Å². The molecule has 1 fully saturated rings.